The van der Waals surface area contributed by atoms with E-state index in [1.165, 1.54) is 0 Å². The largest absolute Gasteiger partial charge is 0.335 e. The summed E-state index contributed by atoms with van der Waals surface area (Å²) in [4.78, 5) is 0. The Bertz CT molecular complexity index is 82.6. The number of terminal acetylenes is 1. The minimum absolute atomic E-state index is 0.0139. The molecule has 0 heterocycles. The molecule has 2 unspecified atom stereocenters. The van der Waals surface area contributed by atoms with Gasteiger partial charge in [-0.05, 0) is 5.94 Å². The van der Waals surface area contributed by atoms with Crippen LogP contribution in [0.2, 0.25) is 0 Å². The van der Waals surface area contributed by atoms with Crippen molar-refractivity contribution in [3.05, 3.63) is 0 Å². The van der Waals surface area contributed by atoms with Crippen molar-refractivity contribution in [2.75, 3.05) is 0 Å². The summed E-state index contributed by atoms with van der Waals surface area (Å²) in [5.74, 6) is 2.03. The molecule has 0 aliphatic heterocycles. The molecule has 0 aliphatic rings. The average molecular weight is 92.9 g/mol. The molecule has 2 N–H and O–H groups in total. The number of rotatable bonds is 1. The van der Waals surface area contributed by atoms with Gasteiger partial charge in [-0.1, -0.05) is 6.92 Å². The molecular formula is C5H8BN. The topological polar surface area (TPSA) is 26.0 Å². The summed E-state index contributed by atoms with van der Waals surface area (Å²) in [5, 5.41) is 0. The summed E-state index contributed by atoms with van der Waals surface area (Å²) in [6.07, 6.45) is 4.96. The summed E-state index contributed by atoms with van der Waals surface area (Å²) in [7, 11) is 5.18. The van der Waals surface area contributed by atoms with Gasteiger partial charge in [-0.2, -0.15) is 0 Å². The predicted octanol–water partition coefficient (Wildman–Crippen LogP) is -0.291. The lowest BCUT2D eigenvalue weighted by atomic mass is 9.87. The highest BCUT2D eigenvalue weighted by molar-refractivity contribution is 6.11. The first-order chi connectivity index (χ1) is 3.18. The fourth-order valence-corrected chi connectivity index (χ4v) is 0.111. The van der Waals surface area contributed by atoms with Crippen molar-refractivity contribution < 1.29 is 0 Å². The van der Waals surface area contributed by atoms with Gasteiger partial charge in [-0.25, -0.2) is 0 Å². The van der Waals surface area contributed by atoms with Gasteiger partial charge < -0.3 is 5.73 Å². The number of hydrogen-bond donors (Lipinski definition) is 1. The molecule has 0 saturated carbocycles. The molecular weight excluding hydrogens is 84.9 g/mol. The third-order valence-corrected chi connectivity index (χ3v) is 0.840. The zero-order valence-electron chi connectivity index (χ0n) is 4.39. The quantitative estimate of drug-likeness (QED) is 0.349. The molecule has 0 aromatic carbocycles. The highest BCUT2D eigenvalue weighted by Gasteiger charge is 1.99. The summed E-state index contributed by atoms with van der Waals surface area (Å²) in [6.45, 7) is 1.81. The Labute approximate surface area is 45.7 Å². The van der Waals surface area contributed by atoms with Gasteiger partial charge in [-0.15, -0.1) is 12.3 Å². The Morgan fingerprint density at radius 2 is 2.29 bits per heavy atom. The third-order valence-electron chi connectivity index (χ3n) is 0.840. The fourth-order valence-electron chi connectivity index (χ4n) is 0.111. The van der Waals surface area contributed by atoms with Crippen LogP contribution in [0.5, 0.6) is 0 Å². The van der Waals surface area contributed by atoms with Crippen LogP contribution in [0.4, 0.5) is 0 Å². The van der Waals surface area contributed by atoms with Crippen LogP contribution in [0.1, 0.15) is 6.92 Å². The van der Waals surface area contributed by atoms with Crippen LogP contribution in [-0.4, -0.2) is 13.8 Å². The molecule has 7 heavy (non-hydrogen) atoms. The molecule has 0 bridgehead atoms. The first kappa shape index (κ1) is 6.58. The van der Waals surface area contributed by atoms with Crippen molar-refractivity contribution in [2.45, 2.75) is 12.9 Å². The van der Waals surface area contributed by atoms with Gasteiger partial charge in [0.05, 0.1) is 7.85 Å². The Balaban J connectivity index is 3.40. The second-order valence-electron chi connectivity index (χ2n) is 1.53. The maximum atomic E-state index is 5.18. The van der Waals surface area contributed by atoms with Gasteiger partial charge >= 0.3 is 0 Å². The smallest absolute Gasteiger partial charge is 0.0919 e. The maximum Gasteiger partial charge on any atom is 0.0919 e. The molecule has 2 atom stereocenters. The van der Waals surface area contributed by atoms with E-state index in [9.17, 15) is 0 Å². The van der Waals surface area contributed by atoms with Crippen molar-refractivity contribution in [3.8, 4) is 12.3 Å². The lowest BCUT2D eigenvalue weighted by Gasteiger charge is -2.05. The average Bonchev–Trinajstić information content (AvgIpc) is 1.65. The van der Waals surface area contributed by atoms with Gasteiger partial charge in [0, 0.05) is 5.92 Å². The second-order valence-corrected chi connectivity index (χ2v) is 1.53. The molecule has 2 radical (unpaired) electrons. The van der Waals surface area contributed by atoms with E-state index < -0.39 is 0 Å². The van der Waals surface area contributed by atoms with Crippen LogP contribution in [0, 0.1) is 18.3 Å². The van der Waals surface area contributed by atoms with Crippen LogP contribution in [0.25, 0.3) is 0 Å². The van der Waals surface area contributed by atoms with E-state index in [4.69, 9.17) is 20.0 Å². The number of nitrogens with two attached hydrogens (primary N) is 1. The van der Waals surface area contributed by atoms with E-state index in [0.29, 0.717) is 0 Å². The first-order valence-electron chi connectivity index (χ1n) is 2.15. The zero-order valence-corrected chi connectivity index (χ0v) is 4.39. The summed E-state index contributed by atoms with van der Waals surface area (Å²) in [5.41, 5.74) is 5.18. The minimum Gasteiger partial charge on any atom is -0.335 e. The monoisotopic (exact) mass is 93.1 g/mol. The molecule has 0 aromatic rings. The highest BCUT2D eigenvalue weighted by Crippen LogP contribution is 1.90. The van der Waals surface area contributed by atoms with E-state index in [1.54, 1.807) is 0 Å². The molecule has 2 heteroatoms. The third kappa shape index (κ3) is 2.30. The molecule has 1 nitrogen and oxygen atoms in total. The van der Waals surface area contributed by atoms with Crippen LogP contribution in [-0.2, 0) is 0 Å². The SMILES string of the molecule is [B]C(N)C(C)C#C. The van der Waals surface area contributed by atoms with Crippen LogP contribution in [0.3, 0.4) is 0 Å². The lowest BCUT2D eigenvalue weighted by molar-refractivity contribution is 0.707. The second kappa shape index (κ2) is 2.71. The first-order valence-corrected chi connectivity index (χ1v) is 2.15. The predicted molar refractivity (Wildman–Crippen MR) is 31.7 cm³/mol. The van der Waals surface area contributed by atoms with E-state index in [2.05, 4.69) is 5.92 Å². The summed E-state index contributed by atoms with van der Waals surface area (Å²) >= 11 is 0. The molecule has 0 saturated heterocycles. The summed E-state index contributed by atoms with van der Waals surface area (Å²) < 4.78 is 0. The van der Waals surface area contributed by atoms with Gasteiger partial charge in [0.1, 0.15) is 0 Å². The van der Waals surface area contributed by atoms with E-state index in [-0.39, 0.29) is 11.9 Å². The van der Waals surface area contributed by atoms with E-state index in [1.807, 2.05) is 6.92 Å². The molecule has 0 aliphatic carbocycles. The lowest BCUT2D eigenvalue weighted by Crippen LogP contribution is -2.26. The minimum atomic E-state index is -0.370. The molecule has 0 fully saturated rings. The van der Waals surface area contributed by atoms with Crippen LogP contribution >= 0.6 is 0 Å². The molecule has 0 rings (SSSR count). The molecule has 0 aromatic heterocycles. The standard InChI is InChI=1S/C5H8BN/c1-3-4(2)5(6)7/h1,4-5H,7H2,2H3. The van der Waals surface area contributed by atoms with Crippen molar-refractivity contribution in [1.29, 1.82) is 0 Å². The van der Waals surface area contributed by atoms with Gasteiger partial charge in [-0.3, -0.25) is 0 Å². The molecule has 0 spiro atoms. The van der Waals surface area contributed by atoms with Crippen LogP contribution < -0.4 is 5.73 Å². The fraction of sp³-hybridized carbons (Fsp3) is 0.600. The van der Waals surface area contributed by atoms with Crippen molar-refractivity contribution >= 4 is 7.85 Å². The summed E-state index contributed by atoms with van der Waals surface area (Å²) in [6, 6.07) is 0. The Hall–Kier alpha value is -0.415. The normalized spacial score (nSPS) is 17.3. The van der Waals surface area contributed by atoms with Gasteiger partial charge in [0.15, 0.2) is 0 Å². The van der Waals surface area contributed by atoms with E-state index in [0.717, 1.165) is 0 Å². The van der Waals surface area contributed by atoms with E-state index >= 15 is 0 Å². The number of hydrogen-bond acceptors (Lipinski definition) is 1. The Morgan fingerprint density at radius 1 is 1.86 bits per heavy atom. The highest BCUT2D eigenvalue weighted by atomic mass is 14.6. The van der Waals surface area contributed by atoms with Gasteiger partial charge in [0.2, 0.25) is 0 Å². The Kier molecular flexibility index (Phi) is 2.55. The maximum absolute atomic E-state index is 5.18. The van der Waals surface area contributed by atoms with Crippen molar-refractivity contribution in [2.24, 2.45) is 11.7 Å². The van der Waals surface area contributed by atoms with Gasteiger partial charge in [0.25, 0.3) is 0 Å². The van der Waals surface area contributed by atoms with Crippen molar-refractivity contribution in [1.82, 2.24) is 0 Å². The van der Waals surface area contributed by atoms with Crippen LogP contribution in [0.15, 0.2) is 0 Å². The molecule has 0 amide bonds. The zero-order chi connectivity index (χ0) is 5.86. The van der Waals surface area contributed by atoms with Crippen molar-refractivity contribution in [3.63, 3.8) is 0 Å². The molecule has 36 valence electrons. The Morgan fingerprint density at radius 3 is 2.29 bits per heavy atom.